The van der Waals surface area contributed by atoms with Gasteiger partial charge in [0.15, 0.2) is 0 Å². The van der Waals surface area contributed by atoms with Gasteiger partial charge in [0, 0.05) is 4.47 Å². The third-order valence-electron chi connectivity index (χ3n) is 2.75. The van der Waals surface area contributed by atoms with E-state index in [9.17, 15) is 0 Å². The molecule has 98 valence electrons. The Morgan fingerprint density at radius 1 is 0.944 bits per heavy atom. The van der Waals surface area contributed by atoms with Crippen molar-refractivity contribution in [3.8, 4) is 0 Å². The van der Waals surface area contributed by atoms with Gasteiger partial charge in [0.05, 0.1) is 16.1 Å². The number of hydrogen-bond donors (Lipinski definition) is 0. The number of halogens is 1. The van der Waals surface area contributed by atoms with E-state index < -0.39 is 16.1 Å². The molecule has 0 saturated carbocycles. The third kappa shape index (κ3) is 4.73. The molecular weight excluding hydrogens is 316 g/mol. The molecule has 0 nitrogen and oxygen atoms in total. The van der Waals surface area contributed by atoms with E-state index in [0.717, 1.165) is 4.47 Å². The van der Waals surface area contributed by atoms with E-state index >= 15 is 0 Å². The van der Waals surface area contributed by atoms with Crippen molar-refractivity contribution < 1.29 is 0 Å². The standard InChI is InChI=1S/C15H23BrSi2/c1-17(2,3)15(18(4,5)6)12-9-13-7-10-14(16)11-8-13/h7-11H,1-6H3. The normalized spacial score (nSPS) is 11.9. The van der Waals surface area contributed by atoms with Crippen LogP contribution in [0.3, 0.4) is 0 Å². The molecule has 0 unspecified atom stereocenters. The molecule has 1 rings (SSSR count). The minimum absolute atomic E-state index is 1.12. The highest BCUT2D eigenvalue weighted by Crippen LogP contribution is 2.24. The fourth-order valence-electron chi connectivity index (χ4n) is 2.27. The second-order valence-electron chi connectivity index (χ2n) is 6.72. The van der Waals surface area contributed by atoms with Crippen LogP contribution in [0.5, 0.6) is 0 Å². The summed E-state index contributed by atoms with van der Waals surface area (Å²) in [6.45, 7) is 14.5. The van der Waals surface area contributed by atoms with Crippen LogP contribution in [0.1, 0.15) is 5.56 Å². The molecular formula is C15H23BrSi2. The molecule has 1 aromatic rings. The average molecular weight is 339 g/mol. The quantitative estimate of drug-likeness (QED) is 0.486. The predicted octanol–water partition coefficient (Wildman–Crippen LogP) is 5.74. The summed E-state index contributed by atoms with van der Waals surface area (Å²) in [5.74, 6) is 0. The fraction of sp³-hybridized carbons (Fsp3) is 0.400. The molecule has 0 saturated heterocycles. The minimum Gasteiger partial charge on any atom is -0.130 e. The lowest BCUT2D eigenvalue weighted by Gasteiger charge is -2.29. The first-order chi connectivity index (χ1) is 8.10. The van der Waals surface area contributed by atoms with Crippen molar-refractivity contribution in [2.75, 3.05) is 0 Å². The molecule has 1 aromatic carbocycles. The zero-order valence-electron chi connectivity index (χ0n) is 12.3. The summed E-state index contributed by atoms with van der Waals surface area (Å²) in [4.78, 5) is 1.62. The van der Waals surface area contributed by atoms with Gasteiger partial charge >= 0.3 is 0 Å². The van der Waals surface area contributed by atoms with Crippen LogP contribution in [0.25, 0.3) is 6.08 Å². The number of hydrogen-bond acceptors (Lipinski definition) is 0. The second kappa shape index (κ2) is 5.74. The summed E-state index contributed by atoms with van der Waals surface area (Å²) in [6, 6.07) is 8.42. The van der Waals surface area contributed by atoms with Gasteiger partial charge < -0.3 is 0 Å². The molecule has 0 radical (unpaired) electrons. The molecule has 0 N–H and O–H groups in total. The van der Waals surface area contributed by atoms with E-state index in [1.807, 2.05) is 0 Å². The van der Waals surface area contributed by atoms with E-state index in [2.05, 4.69) is 91.3 Å². The van der Waals surface area contributed by atoms with Crippen LogP contribution < -0.4 is 0 Å². The smallest absolute Gasteiger partial charge is 0.0773 e. The first-order valence-corrected chi connectivity index (χ1v) is 14.1. The van der Waals surface area contributed by atoms with Gasteiger partial charge in [-0.1, -0.05) is 72.2 Å². The zero-order chi connectivity index (χ0) is 14.0. The van der Waals surface area contributed by atoms with Crippen LogP contribution in [-0.2, 0) is 0 Å². The van der Waals surface area contributed by atoms with Gasteiger partial charge in [-0.3, -0.25) is 0 Å². The lowest BCUT2D eigenvalue weighted by atomic mass is 10.2. The molecule has 0 fully saturated rings. The molecule has 3 heteroatoms. The van der Waals surface area contributed by atoms with Gasteiger partial charge in [-0.05, 0) is 23.8 Å². The highest BCUT2D eigenvalue weighted by Gasteiger charge is 2.30. The monoisotopic (exact) mass is 338 g/mol. The van der Waals surface area contributed by atoms with E-state index in [0.29, 0.717) is 0 Å². The maximum Gasteiger partial charge on any atom is 0.0773 e. The highest BCUT2D eigenvalue weighted by atomic mass is 79.9. The van der Waals surface area contributed by atoms with Crippen molar-refractivity contribution in [1.82, 2.24) is 0 Å². The van der Waals surface area contributed by atoms with Crippen LogP contribution in [0.2, 0.25) is 39.3 Å². The second-order valence-corrected chi connectivity index (χ2v) is 18.1. The molecule has 0 amide bonds. The molecule has 0 aromatic heterocycles. The molecule has 0 aliphatic heterocycles. The van der Waals surface area contributed by atoms with Crippen LogP contribution in [-0.4, -0.2) is 16.1 Å². The van der Waals surface area contributed by atoms with Crippen LogP contribution >= 0.6 is 15.9 Å². The Hall–Kier alpha value is -0.346. The van der Waals surface area contributed by atoms with Crippen molar-refractivity contribution in [2.24, 2.45) is 0 Å². The Morgan fingerprint density at radius 2 is 1.39 bits per heavy atom. The van der Waals surface area contributed by atoms with Crippen LogP contribution in [0.15, 0.2) is 39.3 Å². The van der Waals surface area contributed by atoms with Gasteiger partial charge in [-0.25, -0.2) is 0 Å². The van der Waals surface area contributed by atoms with Crippen molar-refractivity contribution >= 4 is 38.2 Å². The lowest BCUT2D eigenvalue weighted by Crippen LogP contribution is -2.39. The number of benzene rings is 1. The summed E-state index contributed by atoms with van der Waals surface area (Å²) in [5, 5.41) is 0. The average Bonchev–Trinajstić information content (AvgIpc) is 2.17. The fourth-order valence-corrected chi connectivity index (χ4v) is 12.5. The Balaban J connectivity index is 3.21. The first kappa shape index (κ1) is 15.7. The van der Waals surface area contributed by atoms with Crippen molar-refractivity contribution in [1.29, 1.82) is 0 Å². The topological polar surface area (TPSA) is 0 Å². The van der Waals surface area contributed by atoms with Crippen molar-refractivity contribution in [2.45, 2.75) is 39.3 Å². The molecule has 0 heterocycles. The largest absolute Gasteiger partial charge is 0.130 e. The van der Waals surface area contributed by atoms with Crippen LogP contribution in [0.4, 0.5) is 0 Å². The van der Waals surface area contributed by atoms with Gasteiger partial charge in [0.2, 0.25) is 0 Å². The van der Waals surface area contributed by atoms with E-state index in [1.54, 1.807) is 4.82 Å². The number of rotatable bonds is 3. The zero-order valence-corrected chi connectivity index (χ0v) is 15.9. The Morgan fingerprint density at radius 3 is 1.78 bits per heavy atom. The van der Waals surface area contributed by atoms with E-state index in [-0.39, 0.29) is 0 Å². The van der Waals surface area contributed by atoms with Crippen molar-refractivity contribution in [3.05, 3.63) is 44.9 Å². The highest BCUT2D eigenvalue weighted by molar-refractivity contribution is 9.10. The van der Waals surface area contributed by atoms with Gasteiger partial charge in [-0.15, -0.1) is 5.73 Å². The maximum absolute atomic E-state index is 3.64. The molecule has 0 bridgehead atoms. The maximum atomic E-state index is 3.64. The lowest BCUT2D eigenvalue weighted by molar-refractivity contribution is 1.61. The van der Waals surface area contributed by atoms with Crippen molar-refractivity contribution in [3.63, 3.8) is 0 Å². The summed E-state index contributed by atoms with van der Waals surface area (Å²) >= 11 is 3.46. The summed E-state index contributed by atoms with van der Waals surface area (Å²) < 4.78 is 1.12. The molecule has 18 heavy (non-hydrogen) atoms. The molecule has 0 aliphatic rings. The molecule has 0 aliphatic carbocycles. The van der Waals surface area contributed by atoms with E-state index in [4.69, 9.17) is 0 Å². The first-order valence-electron chi connectivity index (χ1n) is 6.34. The Labute approximate surface area is 122 Å². The summed E-state index contributed by atoms with van der Waals surface area (Å²) in [6.07, 6.45) is 2.15. The molecule has 0 atom stereocenters. The third-order valence-corrected chi connectivity index (χ3v) is 11.1. The molecule has 0 spiro atoms. The van der Waals surface area contributed by atoms with Gasteiger partial charge in [0.25, 0.3) is 0 Å². The Kier molecular flexibility index (Phi) is 5.01. The minimum atomic E-state index is -1.26. The van der Waals surface area contributed by atoms with Gasteiger partial charge in [-0.2, -0.15) is 0 Å². The SMILES string of the molecule is C[Si](C)(C)C(=C=Cc1ccc(Br)cc1)[Si](C)(C)C. The summed E-state index contributed by atoms with van der Waals surface area (Å²) in [5.41, 5.74) is 4.86. The van der Waals surface area contributed by atoms with Crippen LogP contribution in [0, 0.1) is 0 Å². The predicted molar refractivity (Wildman–Crippen MR) is 92.3 cm³/mol. The Bertz CT molecular complexity index is 451. The summed E-state index contributed by atoms with van der Waals surface area (Å²) in [7, 11) is -2.52. The van der Waals surface area contributed by atoms with E-state index in [1.165, 1.54) is 5.56 Å². The van der Waals surface area contributed by atoms with Gasteiger partial charge in [0.1, 0.15) is 0 Å².